The lowest BCUT2D eigenvalue weighted by Crippen LogP contribution is -2.53. The molecule has 4 heterocycles. The Labute approximate surface area is 301 Å². The maximum atomic E-state index is 14.3. The fourth-order valence-corrected chi connectivity index (χ4v) is 7.87. The number of pyridine rings is 1. The lowest BCUT2D eigenvalue weighted by Gasteiger charge is -2.44. The Balaban J connectivity index is 1.49. The Morgan fingerprint density at radius 1 is 0.980 bits per heavy atom. The van der Waals surface area contributed by atoms with Crippen molar-refractivity contribution in [2.75, 3.05) is 38.8 Å². The van der Waals surface area contributed by atoms with E-state index in [-0.39, 0.29) is 34.7 Å². The van der Waals surface area contributed by atoms with E-state index in [1.54, 1.807) is 29.2 Å². The second-order valence-corrected chi connectivity index (χ2v) is 13.6. The van der Waals surface area contributed by atoms with Crippen LogP contribution in [0.3, 0.4) is 0 Å². The van der Waals surface area contributed by atoms with E-state index in [2.05, 4.69) is 4.90 Å². The van der Waals surface area contributed by atoms with E-state index in [0.717, 1.165) is 36.2 Å². The third-order valence-corrected chi connectivity index (χ3v) is 10.5. The molecule has 7 rings (SSSR count). The first kappa shape index (κ1) is 35.3. The average Bonchev–Trinajstić information content (AvgIpc) is 3.11. The fraction of sp³-hybridized carbons (Fsp3) is 0.342. The summed E-state index contributed by atoms with van der Waals surface area (Å²) in [6.07, 6.45) is 4.06. The number of rotatable bonds is 11. The number of aryl methyl sites for hydroxylation is 1. The van der Waals surface area contributed by atoms with Crippen molar-refractivity contribution < 1.29 is 38.8 Å². The molecule has 0 aliphatic carbocycles. The number of nitrogens with zero attached hydrogens (tertiary/aromatic N) is 3. The highest BCUT2D eigenvalue weighted by Crippen LogP contribution is 2.41. The van der Waals surface area contributed by atoms with Gasteiger partial charge in [-0.3, -0.25) is 15.0 Å². The number of methoxy groups -OCH3 is 2. The van der Waals surface area contributed by atoms with Crippen molar-refractivity contribution in [3.05, 3.63) is 116 Å². The number of aromatic nitrogens is 1. The van der Waals surface area contributed by atoms with Crippen LogP contribution in [0, 0.1) is 12.8 Å². The molecule has 3 aliphatic rings. The van der Waals surface area contributed by atoms with E-state index in [1.165, 1.54) is 26.6 Å². The van der Waals surface area contributed by atoms with Crippen molar-refractivity contribution in [3.8, 4) is 11.5 Å². The number of halogens is 2. The van der Waals surface area contributed by atoms with Gasteiger partial charge >= 0.3 is 12.1 Å². The van der Waals surface area contributed by atoms with Crippen LogP contribution in [0.1, 0.15) is 56.9 Å². The van der Waals surface area contributed by atoms with Crippen LogP contribution >= 0.6 is 23.2 Å². The van der Waals surface area contributed by atoms with Gasteiger partial charge in [-0.25, -0.2) is 9.59 Å². The number of anilines is 1. The summed E-state index contributed by atoms with van der Waals surface area (Å²) in [5, 5.41) is 21.1. The van der Waals surface area contributed by atoms with Crippen molar-refractivity contribution in [2.24, 2.45) is 5.92 Å². The van der Waals surface area contributed by atoms with Gasteiger partial charge in [0.25, 0.3) is 0 Å². The van der Waals surface area contributed by atoms with Crippen molar-refractivity contribution in [3.63, 3.8) is 0 Å². The summed E-state index contributed by atoms with van der Waals surface area (Å²) in [7, 11) is 3.06. The lowest BCUT2D eigenvalue weighted by atomic mass is 9.80. The maximum Gasteiger partial charge on any atom is 0.414 e. The zero-order valence-corrected chi connectivity index (χ0v) is 29.7. The van der Waals surface area contributed by atoms with Gasteiger partial charge in [0.05, 0.1) is 32.0 Å². The standard InChI is InChI=1S/C38H39Cl2N3O7/c1-23-7-4-5-10-32(23)43(38(46)50-35-22-41-15-13-24(35)14-16-41)19-26-8-6-9-27(37(44)45)36(26)28(18-29-30(39)20-42(47)21-31(29)40)25-11-12-33(48-2)34(17-25)49-3/h4-12,17,20-21,24,28,35H,13-16,18-19,22H2,1-3H3,(H-,44,45,47)/p+1/t28-,35-/m0/s1. The number of amides is 1. The SMILES string of the molecule is COc1ccc([C@H](Cc2c(Cl)c[n+](O)cc2Cl)c2c(CN(C(=O)O[C@H]3CN4CCC3CC4)c3ccccc3C)cccc2C(=O)O)cc1OC. The van der Waals surface area contributed by atoms with Crippen molar-refractivity contribution in [1.82, 2.24) is 4.90 Å². The van der Waals surface area contributed by atoms with Gasteiger partial charge in [-0.15, -0.1) is 0 Å². The van der Waals surface area contributed by atoms with Crippen LogP contribution < -0.4 is 19.1 Å². The molecular weight excluding hydrogens is 681 g/mol. The second-order valence-electron chi connectivity index (χ2n) is 12.8. The fourth-order valence-electron chi connectivity index (χ4n) is 7.27. The number of benzene rings is 3. The van der Waals surface area contributed by atoms with Crippen LogP contribution in [0.25, 0.3) is 0 Å². The molecule has 50 heavy (non-hydrogen) atoms. The monoisotopic (exact) mass is 720 g/mol. The molecule has 0 spiro atoms. The molecule has 2 N–H and O–H groups in total. The number of hydrogen-bond acceptors (Lipinski definition) is 7. The molecule has 1 aromatic heterocycles. The highest BCUT2D eigenvalue weighted by atomic mass is 35.5. The number of carbonyl (C=O) groups is 2. The molecule has 0 radical (unpaired) electrons. The summed E-state index contributed by atoms with van der Waals surface area (Å²) in [6.45, 7) is 4.68. The Bertz CT molecular complexity index is 1870. The average molecular weight is 722 g/mol. The second kappa shape index (κ2) is 15.2. The zero-order valence-electron chi connectivity index (χ0n) is 28.1. The number of piperidine rings is 3. The zero-order chi connectivity index (χ0) is 35.5. The lowest BCUT2D eigenvalue weighted by molar-refractivity contribution is -0.904. The Morgan fingerprint density at radius 2 is 1.68 bits per heavy atom. The Kier molecular flexibility index (Phi) is 10.7. The molecule has 262 valence electrons. The molecule has 12 heteroatoms. The van der Waals surface area contributed by atoms with E-state index in [0.29, 0.717) is 51.9 Å². The minimum absolute atomic E-state index is 0.0257. The van der Waals surface area contributed by atoms with Crippen LogP contribution in [0.2, 0.25) is 10.0 Å². The number of hydrogen-bond donors (Lipinski definition) is 2. The first-order chi connectivity index (χ1) is 24.1. The van der Waals surface area contributed by atoms with Gasteiger partial charge in [0, 0.05) is 22.8 Å². The predicted octanol–water partition coefficient (Wildman–Crippen LogP) is 7.15. The molecule has 3 saturated heterocycles. The molecule has 3 aliphatic heterocycles. The quantitative estimate of drug-likeness (QED) is 0.124. The number of carboxylic acids is 1. The molecule has 10 nitrogen and oxygen atoms in total. The van der Waals surface area contributed by atoms with Gasteiger partial charge in [-0.05, 0) is 91.7 Å². The first-order valence-corrected chi connectivity index (χ1v) is 17.2. The van der Waals surface area contributed by atoms with Gasteiger partial charge < -0.3 is 19.3 Å². The summed E-state index contributed by atoms with van der Waals surface area (Å²) < 4.78 is 18.2. The molecule has 3 fully saturated rings. The van der Waals surface area contributed by atoms with Gasteiger partial charge in [-0.2, -0.15) is 0 Å². The third-order valence-electron chi connectivity index (χ3n) is 9.86. The first-order valence-electron chi connectivity index (χ1n) is 16.5. The van der Waals surface area contributed by atoms with Crippen LogP contribution in [-0.2, 0) is 17.7 Å². The molecule has 3 aromatic carbocycles. The number of fused-ring (bicyclic) bond motifs is 3. The van der Waals surface area contributed by atoms with Crippen LogP contribution in [0.4, 0.5) is 10.5 Å². The van der Waals surface area contributed by atoms with Crippen LogP contribution in [0.5, 0.6) is 11.5 Å². The number of para-hydroxylation sites is 1. The number of carboxylic acid groups (broad SMARTS) is 1. The molecule has 1 amide bonds. The smallest absolute Gasteiger partial charge is 0.414 e. The van der Waals surface area contributed by atoms with E-state index in [4.69, 9.17) is 37.4 Å². The molecule has 4 aromatic rings. The normalized spacial score (nSPS) is 18.7. The highest BCUT2D eigenvalue weighted by Gasteiger charge is 2.38. The van der Waals surface area contributed by atoms with E-state index in [9.17, 15) is 19.9 Å². The molecule has 2 atom stereocenters. The van der Waals surface area contributed by atoms with Gasteiger partial charge in [0.2, 0.25) is 12.4 Å². The largest absolute Gasteiger partial charge is 0.493 e. The topological polar surface area (TPSA) is 113 Å². The molecule has 0 saturated carbocycles. The van der Waals surface area contributed by atoms with Gasteiger partial charge in [0.15, 0.2) is 11.5 Å². The van der Waals surface area contributed by atoms with Crippen LogP contribution in [0.15, 0.2) is 73.1 Å². The highest BCUT2D eigenvalue weighted by molar-refractivity contribution is 6.35. The Morgan fingerprint density at radius 3 is 2.30 bits per heavy atom. The van der Waals surface area contributed by atoms with Gasteiger partial charge in [0.1, 0.15) is 16.1 Å². The minimum atomic E-state index is -1.14. The van der Waals surface area contributed by atoms with E-state index >= 15 is 0 Å². The maximum absolute atomic E-state index is 14.3. The van der Waals surface area contributed by atoms with Crippen LogP contribution in [-0.4, -0.2) is 67.2 Å². The number of aromatic carboxylic acids is 1. The van der Waals surface area contributed by atoms with Gasteiger partial charge in [-0.1, -0.05) is 59.6 Å². The predicted molar refractivity (Wildman–Crippen MR) is 189 cm³/mol. The summed E-state index contributed by atoms with van der Waals surface area (Å²) in [5.74, 6) is -0.534. The molecule has 2 bridgehead atoms. The number of ether oxygens (including phenoxy) is 3. The minimum Gasteiger partial charge on any atom is -0.493 e. The van der Waals surface area contributed by atoms with E-state index in [1.807, 2.05) is 43.3 Å². The summed E-state index contributed by atoms with van der Waals surface area (Å²) in [5.41, 5.74) is 3.84. The Hall–Kier alpha value is -4.51. The summed E-state index contributed by atoms with van der Waals surface area (Å²) in [6, 6.07) is 18.0. The summed E-state index contributed by atoms with van der Waals surface area (Å²) >= 11 is 13.3. The molecular formula is C38H40Cl2N3O7+. The van der Waals surface area contributed by atoms with Crippen molar-refractivity contribution in [2.45, 2.75) is 44.8 Å². The number of carbonyl (C=O) groups excluding carboxylic acids is 1. The van der Waals surface area contributed by atoms with Crippen molar-refractivity contribution in [1.29, 1.82) is 0 Å². The summed E-state index contributed by atoms with van der Waals surface area (Å²) in [4.78, 5) is 31.2. The van der Waals surface area contributed by atoms with E-state index < -0.39 is 18.0 Å². The van der Waals surface area contributed by atoms with Crippen molar-refractivity contribution >= 4 is 41.0 Å². The molecule has 0 unspecified atom stereocenters. The third kappa shape index (κ3) is 7.33.